The summed E-state index contributed by atoms with van der Waals surface area (Å²) in [6.07, 6.45) is -0.266. The van der Waals surface area contributed by atoms with Crippen molar-refractivity contribution in [3.05, 3.63) is 84.4 Å². The zero-order valence-corrected chi connectivity index (χ0v) is 17.6. The fraction of sp³-hybridized carbons (Fsp3) is 0.200. The summed E-state index contributed by atoms with van der Waals surface area (Å²) in [6, 6.07) is 24.7. The van der Waals surface area contributed by atoms with E-state index in [4.69, 9.17) is 9.47 Å². The lowest BCUT2D eigenvalue weighted by atomic mass is 10.1. The summed E-state index contributed by atoms with van der Waals surface area (Å²) in [4.78, 5) is 24.6. The maximum Gasteiger partial charge on any atom is 0.279 e. The average molecular weight is 418 g/mol. The number of amides is 2. The minimum absolute atomic E-state index is 0.236. The van der Waals surface area contributed by atoms with Crippen LogP contribution in [0.2, 0.25) is 0 Å². The molecule has 2 amide bonds. The Kier molecular flexibility index (Phi) is 7.65. The normalized spacial score (nSPS) is 11.3. The van der Waals surface area contributed by atoms with E-state index >= 15 is 0 Å². The average Bonchev–Trinajstić information content (AvgIpc) is 2.80. The maximum absolute atomic E-state index is 12.4. The molecule has 3 aromatic rings. The SMILES string of the molecule is CCC(Oc1cccc(C)c1)C(=O)NNC(=O)COc1ccccc1-c1ccccc1. The van der Waals surface area contributed by atoms with Gasteiger partial charge in [-0.15, -0.1) is 0 Å². The Morgan fingerprint density at radius 2 is 1.65 bits per heavy atom. The molecule has 0 saturated carbocycles. The summed E-state index contributed by atoms with van der Waals surface area (Å²) in [5.41, 5.74) is 7.70. The number of carbonyl (C=O) groups is 2. The van der Waals surface area contributed by atoms with E-state index in [-0.39, 0.29) is 6.61 Å². The summed E-state index contributed by atoms with van der Waals surface area (Å²) in [5.74, 6) is 0.294. The van der Waals surface area contributed by atoms with Crippen molar-refractivity contribution in [3.8, 4) is 22.6 Å². The van der Waals surface area contributed by atoms with Gasteiger partial charge < -0.3 is 9.47 Å². The fourth-order valence-electron chi connectivity index (χ4n) is 3.02. The lowest BCUT2D eigenvalue weighted by Crippen LogP contribution is -2.49. The van der Waals surface area contributed by atoms with Crippen LogP contribution >= 0.6 is 0 Å². The summed E-state index contributed by atoms with van der Waals surface area (Å²) in [7, 11) is 0. The van der Waals surface area contributed by atoms with Crippen molar-refractivity contribution in [2.45, 2.75) is 26.4 Å². The van der Waals surface area contributed by atoms with Crippen LogP contribution < -0.4 is 20.3 Å². The van der Waals surface area contributed by atoms with E-state index < -0.39 is 17.9 Å². The van der Waals surface area contributed by atoms with Crippen molar-refractivity contribution >= 4 is 11.8 Å². The lowest BCUT2D eigenvalue weighted by Gasteiger charge is -2.18. The highest BCUT2D eigenvalue weighted by Crippen LogP contribution is 2.29. The smallest absolute Gasteiger partial charge is 0.279 e. The maximum atomic E-state index is 12.4. The van der Waals surface area contributed by atoms with Gasteiger partial charge in [0.2, 0.25) is 0 Å². The van der Waals surface area contributed by atoms with E-state index in [9.17, 15) is 9.59 Å². The van der Waals surface area contributed by atoms with Crippen molar-refractivity contribution in [1.29, 1.82) is 0 Å². The zero-order valence-electron chi connectivity index (χ0n) is 17.6. The highest BCUT2D eigenvalue weighted by molar-refractivity contribution is 5.85. The Morgan fingerprint density at radius 1 is 0.903 bits per heavy atom. The van der Waals surface area contributed by atoms with Gasteiger partial charge in [0.05, 0.1) is 0 Å². The summed E-state index contributed by atoms with van der Waals surface area (Å²) in [5, 5.41) is 0. The van der Waals surface area contributed by atoms with E-state index in [1.165, 1.54) is 0 Å². The predicted octanol–water partition coefficient (Wildman–Crippen LogP) is 4.05. The van der Waals surface area contributed by atoms with Gasteiger partial charge in [-0.2, -0.15) is 0 Å². The van der Waals surface area contributed by atoms with E-state index in [0.29, 0.717) is 17.9 Å². The second kappa shape index (κ2) is 10.8. The highest BCUT2D eigenvalue weighted by atomic mass is 16.5. The molecule has 160 valence electrons. The molecular formula is C25H26N2O4. The van der Waals surface area contributed by atoms with Gasteiger partial charge in [-0.25, -0.2) is 0 Å². The molecule has 0 aliphatic rings. The van der Waals surface area contributed by atoms with Crippen LogP contribution in [-0.4, -0.2) is 24.5 Å². The fourth-order valence-corrected chi connectivity index (χ4v) is 3.02. The lowest BCUT2D eigenvalue weighted by molar-refractivity contribution is -0.134. The molecule has 0 aliphatic heterocycles. The number of carbonyl (C=O) groups excluding carboxylic acids is 2. The standard InChI is InChI=1S/C25H26N2O4/c1-3-22(31-20-13-9-10-18(2)16-20)25(29)27-26-24(28)17-30-23-15-8-7-14-21(23)19-11-5-4-6-12-19/h4-16,22H,3,17H2,1-2H3,(H,26,28)(H,27,29). The van der Waals surface area contributed by atoms with Crippen LogP contribution in [0.3, 0.4) is 0 Å². The first-order valence-electron chi connectivity index (χ1n) is 10.2. The molecular weight excluding hydrogens is 392 g/mol. The summed E-state index contributed by atoms with van der Waals surface area (Å²) >= 11 is 0. The molecule has 3 aromatic carbocycles. The van der Waals surface area contributed by atoms with Crippen molar-refractivity contribution in [2.24, 2.45) is 0 Å². The Bertz CT molecular complexity index is 1020. The van der Waals surface area contributed by atoms with Gasteiger partial charge in [-0.1, -0.05) is 67.6 Å². The third-order valence-electron chi connectivity index (χ3n) is 4.59. The topological polar surface area (TPSA) is 76.7 Å². The first-order valence-corrected chi connectivity index (χ1v) is 10.2. The van der Waals surface area contributed by atoms with Crippen molar-refractivity contribution < 1.29 is 19.1 Å². The molecule has 0 saturated heterocycles. The first kappa shape index (κ1) is 21.9. The number of ether oxygens (including phenoxy) is 2. The highest BCUT2D eigenvalue weighted by Gasteiger charge is 2.19. The quantitative estimate of drug-likeness (QED) is 0.541. The molecule has 6 nitrogen and oxygen atoms in total. The molecule has 0 aliphatic carbocycles. The van der Waals surface area contributed by atoms with Crippen LogP contribution in [-0.2, 0) is 9.59 Å². The second-order valence-electron chi connectivity index (χ2n) is 7.02. The van der Waals surface area contributed by atoms with Gasteiger partial charge in [0, 0.05) is 5.56 Å². The zero-order chi connectivity index (χ0) is 22.1. The molecule has 0 aromatic heterocycles. The Labute approximate surface area is 182 Å². The van der Waals surface area contributed by atoms with Gasteiger partial charge in [0.1, 0.15) is 11.5 Å². The molecule has 3 rings (SSSR count). The monoisotopic (exact) mass is 418 g/mol. The van der Waals surface area contributed by atoms with Crippen molar-refractivity contribution in [1.82, 2.24) is 10.9 Å². The number of para-hydroxylation sites is 1. The first-order chi connectivity index (χ1) is 15.1. The van der Waals surface area contributed by atoms with Gasteiger partial charge >= 0.3 is 0 Å². The van der Waals surface area contributed by atoms with Crippen LogP contribution in [0.15, 0.2) is 78.9 Å². The van der Waals surface area contributed by atoms with E-state index in [2.05, 4.69) is 10.9 Å². The number of benzene rings is 3. The Balaban J connectivity index is 1.52. The third kappa shape index (κ3) is 6.34. The minimum atomic E-state index is -0.721. The molecule has 0 bridgehead atoms. The van der Waals surface area contributed by atoms with Gasteiger partial charge in [0.15, 0.2) is 12.7 Å². The number of hydrazine groups is 1. The molecule has 6 heteroatoms. The predicted molar refractivity (Wildman–Crippen MR) is 120 cm³/mol. The van der Waals surface area contributed by atoms with Crippen molar-refractivity contribution in [3.63, 3.8) is 0 Å². The summed E-state index contributed by atoms with van der Waals surface area (Å²) in [6.45, 7) is 3.55. The van der Waals surface area contributed by atoms with E-state index in [0.717, 1.165) is 16.7 Å². The summed E-state index contributed by atoms with van der Waals surface area (Å²) < 4.78 is 11.4. The molecule has 1 unspecified atom stereocenters. The van der Waals surface area contributed by atoms with E-state index in [1.54, 1.807) is 12.1 Å². The number of nitrogens with one attached hydrogen (secondary N) is 2. The number of rotatable bonds is 8. The number of aryl methyl sites for hydroxylation is 1. The minimum Gasteiger partial charge on any atom is -0.483 e. The number of hydrogen-bond acceptors (Lipinski definition) is 4. The van der Waals surface area contributed by atoms with E-state index in [1.807, 2.05) is 80.6 Å². The molecule has 1 atom stereocenters. The molecule has 0 fully saturated rings. The van der Waals surface area contributed by atoms with Crippen LogP contribution in [0.5, 0.6) is 11.5 Å². The van der Waals surface area contributed by atoms with Crippen molar-refractivity contribution in [2.75, 3.05) is 6.61 Å². The molecule has 0 radical (unpaired) electrons. The molecule has 31 heavy (non-hydrogen) atoms. The largest absolute Gasteiger partial charge is 0.483 e. The number of hydrogen-bond donors (Lipinski definition) is 2. The molecule has 0 heterocycles. The Morgan fingerprint density at radius 3 is 2.39 bits per heavy atom. The van der Waals surface area contributed by atoms with Crippen LogP contribution in [0.25, 0.3) is 11.1 Å². The van der Waals surface area contributed by atoms with Crippen LogP contribution in [0, 0.1) is 6.92 Å². The second-order valence-corrected chi connectivity index (χ2v) is 7.02. The molecule has 2 N–H and O–H groups in total. The van der Waals surface area contributed by atoms with Gasteiger partial charge in [0.25, 0.3) is 11.8 Å². The molecule has 0 spiro atoms. The third-order valence-corrected chi connectivity index (χ3v) is 4.59. The van der Waals surface area contributed by atoms with Crippen LogP contribution in [0.4, 0.5) is 0 Å². The van der Waals surface area contributed by atoms with Crippen LogP contribution in [0.1, 0.15) is 18.9 Å². The van der Waals surface area contributed by atoms with Gasteiger partial charge in [-0.3, -0.25) is 20.4 Å². The van der Waals surface area contributed by atoms with Gasteiger partial charge in [-0.05, 0) is 42.7 Å². The Hall–Kier alpha value is -3.80.